The number of amidine groups is 1. The van der Waals surface area contributed by atoms with Gasteiger partial charge in [0.15, 0.2) is 0 Å². The van der Waals surface area contributed by atoms with Crippen LogP contribution < -0.4 is 0 Å². The first-order chi connectivity index (χ1) is 8.81. The van der Waals surface area contributed by atoms with Crippen LogP contribution in [0.25, 0.3) is 0 Å². The average Bonchev–Trinajstić information content (AvgIpc) is 2.45. The zero-order valence-corrected chi connectivity index (χ0v) is 11.8. The smallest absolute Gasteiger partial charge is 0.0990 e. The molecule has 0 amide bonds. The highest BCUT2D eigenvalue weighted by molar-refractivity contribution is 5.81. The van der Waals surface area contributed by atoms with Crippen LogP contribution in [0.5, 0.6) is 0 Å². The molecule has 0 aromatic rings. The van der Waals surface area contributed by atoms with Crippen molar-refractivity contribution in [3.63, 3.8) is 0 Å². The lowest BCUT2D eigenvalue weighted by atomic mass is 9.87. The Morgan fingerprint density at radius 3 is 2.67 bits per heavy atom. The Kier molecular flexibility index (Phi) is 5.48. The minimum absolute atomic E-state index is 0.364. The van der Waals surface area contributed by atoms with Crippen molar-refractivity contribution >= 4 is 5.84 Å². The van der Waals surface area contributed by atoms with E-state index in [4.69, 9.17) is 10.1 Å². The van der Waals surface area contributed by atoms with Crippen LogP contribution in [0.3, 0.4) is 0 Å². The van der Waals surface area contributed by atoms with E-state index in [1.54, 1.807) is 0 Å². The van der Waals surface area contributed by atoms with Gasteiger partial charge in [-0.05, 0) is 32.1 Å². The number of ether oxygens (including phenoxy) is 1. The van der Waals surface area contributed by atoms with Crippen molar-refractivity contribution in [2.45, 2.75) is 64.4 Å². The third-order valence-electron chi connectivity index (χ3n) is 4.27. The predicted molar refractivity (Wildman–Crippen MR) is 75.1 cm³/mol. The van der Waals surface area contributed by atoms with Gasteiger partial charge in [-0.15, -0.1) is 0 Å². The standard InChI is InChI=1S/C15H28N2O/c1-2-11-18-14-9-6-10-17(12-14)15(16)13-7-4-3-5-8-13/h13-14,16H,2-12H2,1H3. The second kappa shape index (κ2) is 7.13. The third kappa shape index (κ3) is 3.71. The van der Waals surface area contributed by atoms with Crippen molar-refractivity contribution in [3.05, 3.63) is 0 Å². The number of rotatable bonds is 4. The van der Waals surface area contributed by atoms with Gasteiger partial charge in [-0.3, -0.25) is 5.41 Å². The summed E-state index contributed by atoms with van der Waals surface area (Å²) < 4.78 is 5.86. The fourth-order valence-electron chi connectivity index (χ4n) is 3.21. The molecular formula is C15H28N2O. The summed E-state index contributed by atoms with van der Waals surface area (Å²) in [7, 11) is 0. The Balaban J connectivity index is 1.81. The van der Waals surface area contributed by atoms with Crippen LogP contribution in [0, 0.1) is 11.3 Å². The monoisotopic (exact) mass is 252 g/mol. The van der Waals surface area contributed by atoms with E-state index in [9.17, 15) is 0 Å². The van der Waals surface area contributed by atoms with Gasteiger partial charge in [0.25, 0.3) is 0 Å². The highest BCUT2D eigenvalue weighted by Gasteiger charge is 2.27. The molecule has 1 saturated carbocycles. The van der Waals surface area contributed by atoms with Crippen LogP contribution >= 0.6 is 0 Å². The van der Waals surface area contributed by atoms with Crippen LogP contribution in [0.15, 0.2) is 0 Å². The zero-order chi connectivity index (χ0) is 12.8. The first-order valence-electron chi connectivity index (χ1n) is 7.76. The maximum Gasteiger partial charge on any atom is 0.0990 e. The Morgan fingerprint density at radius 2 is 1.94 bits per heavy atom. The molecule has 1 atom stereocenters. The molecule has 0 aromatic heterocycles. The van der Waals surface area contributed by atoms with Crippen LogP contribution in [0.1, 0.15) is 58.3 Å². The van der Waals surface area contributed by atoms with Gasteiger partial charge in [-0.1, -0.05) is 26.2 Å². The summed E-state index contributed by atoms with van der Waals surface area (Å²) in [5.74, 6) is 1.43. The summed E-state index contributed by atoms with van der Waals surface area (Å²) in [5.41, 5.74) is 0. The minimum atomic E-state index is 0.364. The summed E-state index contributed by atoms with van der Waals surface area (Å²) in [6, 6.07) is 0. The van der Waals surface area contributed by atoms with E-state index in [1.165, 1.54) is 44.9 Å². The number of piperidine rings is 1. The lowest BCUT2D eigenvalue weighted by Gasteiger charge is -2.37. The van der Waals surface area contributed by atoms with Crippen LogP contribution in [-0.4, -0.2) is 36.5 Å². The van der Waals surface area contributed by atoms with Gasteiger partial charge in [-0.2, -0.15) is 0 Å². The maximum atomic E-state index is 8.42. The van der Waals surface area contributed by atoms with E-state index < -0.39 is 0 Å². The van der Waals surface area contributed by atoms with E-state index >= 15 is 0 Å². The molecule has 104 valence electrons. The van der Waals surface area contributed by atoms with Gasteiger partial charge >= 0.3 is 0 Å². The molecule has 3 heteroatoms. The molecule has 1 unspecified atom stereocenters. The van der Waals surface area contributed by atoms with Crippen molar-refractivity contribution in [2.24, 2.45) is 5.92 Å². The van der Waals surface area contributed by atoms with Gasteiger partial charge < -0.3 is 9.64 Å². The number of hydrogen-bond acceptors (Lipinski definition) is 2. The Hall–Kier alpha value is -0.570. The van der Waals surface area contributed by atoms with Gasteiger partial charge in [0, 0.05) is 25.6 Å². The van der Waals surface area contributed by atoms with Crippen LogP contribution in [0.2, 0.25) is 0 Å². The Bertz CT molecular complexity index is 261. The summed E-state index contributed by atoms with van der Waals surface area (Å²) in [6.07, 6.45) is 10.3. The SMILES string of the molecule is CCCOC1CCCN(C(=N)C2CCCCC2)C1. The fraction of sp³-hybridized carbons (Fsp3) is 0.933. The number of hydrogen-bond donors (Lipinski definition) is 1. The molecule has 2 rings (SSSR count). The predicted octanol–water partition coefficient (Wildman–Crippen LogP) is 3.43. The van der Waals surface area contributed by atoms with E-state index in [0.29, 0.717) is 12.0 Å². The number of likely N-dealkylation sites (tertiary alicyclic amines) is 1. The fourth-order valence-corrected chi connectivity index (χ4v) is 3.21. The topological polar surface area (TPSA) is 36.3 Å². The van der Waals surface area contributed by atoms with Crippen LogP contribution in [0.4, 0.5) is 0 Å². The Morgan fingerprint density at radius 1 is 1.17 bits per heavy atom. The largest absolute Gasteiger partial charge is 0.376 e. The van der Waals surface area contributed by atoms with Crippen molar-refractivity contribution in [1.29, 1.82) is 5.41 Å². The summed E-state index contributed by atoms with van der Waals surface area (Å²) in [6.45, 7) is 5.05. The molecule has 1 aliphatic heterocycles. The summed E-state index contributed by atoms with van der Waals surface area (Å²) in [4.78, 5) is 2.29. The molecule has 18 heavy (non-hydrogen) atoms. The molecule has 0 radical (unpaired) electrons. The molecule has 1 aliphatic carbocycles. The van der Waals surface area contributed by atoms with Gasteiger partial charge in [0.05, 0.1) is 11.9 Å². The first kappa shape index (κ1) is 13.9. The normalized spacial score (nSPS) is 26.3. The molecular weight excluding hydrogens is 224 g/mol. The van der Waals surface area contributed by atoms with Crippen molar-refractivity contribution in [3.8, 4) is 0 Å². The average molecular weight is 252 g/mol. The van der Waals surface area contributed by atoms with E-state index in [1.807, 2.05) is 0 Å². The van der Waals surface area contributed by atoms with E-state index in [2.05, 4.69) is 11.8 Å². The first-order valence-corrected chi connectivity index (χ1v) is 7.76. The quantitative estimate of drug-likeness (QED) is 0.614. The lowest BCUT2D eigenvalue weighted by molar-refractivity contribution is 0.0151. The highest BCUT2D eigenvalue weighted by Crippen LogP contribution is 2.27. The second-order valence-electron chi connectivity index (χ2n) is 5.80. The van der Waals surface area contributed by atoms with E-state index in [0.717, 1.165) is 32.0 Å². The van der Waals surface area contributed by atoms with Crippen LogP contribution in [-0.2, 0) is 4.74 Å². The lowest BCUT2D eigenvalue weighted by Crippen LogP contribution is -2.45. The molecule has 0 spiro atoms. The number of nitrogens with one attached hydrogen (secondary N) is 1. The number of nitrogens with zero attached hydrogens (tertiary/aromatic N) is 1. The molecule has 2 aliphatic rings. The minimum Gasteiger partial charge on any atom is -0.376 e. The summed E-state index contributed by atoms with van der Waals surface area (Å²) in [5, 5.41) is 8.42. The van der Waals surface area contributed by atoms with Gasteiger partial charge in [-0.25, -0.2) is 0 Å². The molecule has 0 aromatic carbocycles. The van der Waals surface area contributed by atoms with Crippen molar-refractivity contribution < 1.29 is 4.74 Å². The molecule has 3 nitrogen and oxygen atoms in total. The molecule has 1 N–H and O–H groups in total. The van der Waals surface area contributed by atoms with E-state index in [-0.39, 0.29) is 0 Å². The Labute approximate surface area is 111 Å². The van der Waals surface area contributed by atoms with Crippen molar-refractivity contribution in [1.82, 2.24) is 4.90 Å². The van der Waals surface area contributed by atoms with Crippen molar-refractivity contribution in [2.75, 3.05) is 19.7 Å². The molecule has 1 saturated heterocycles. The maximum absolute atomic E-state index is 8.42. The zero-order valence-electron chi connectivity index (χ0n) is 11.8. The summed E-state index contributed by atoms with van der Waals surface area (Å²) >= 11 is 0. The molecule has 0 bridgehead atoms. The van der Waals surface area contributed by atoms with Gasteiger partial charge in [0.1, 0.15) is 0 Å². The highest BCUT2D eigenvalue weighted by atomic mass is 16.5. The molecule has 1 heterocycles. The third-order valence-corrected chi connectivity index (χ3v) is 4.27. The molecule has 2 fully saturated rings. The van der Waals surface area contributed by atoms with Gasteiger partial charge in [0.2, 0.25) is 0 Å². The second-order valence-corrected chi connectivity index (χ2v) is 5.80.